The van der Waals surface area contributed by atoms with Crippen LogP contribution in [0.15, 0.2) is 42.5 Å². The third-order valence-corrected chi connectivity index (χ3v) is 3.56. The second-order valence-corrected chi connectivity index (χ2v) is 4.94. The molecule has 0 aliphatic heterocycles. The lowest BCUT2D eigenvalue weighted by atomic mass is 9.98. The molecule has 0 amide bonds. The third-order valence-electron chi connectivity index (χ3n) is 3.20. The molecule has 2 rings (SSSR count). The highest BCUT2D eigenvalue weighted by Gasteiger charge is 2.18. The summed E-state index contributed by atoms with van der Waals surface area (Å²) in [6.07, 6.45) is 0.306. The van der Waals surface area contributed by atoms with E-state index in [1.54, 1.807) is 30.3 Å². The molecule has 0 saturated heterocycles. The quantitative estimate of drug-likeness (QED) is 0.855. The van der Waals surface area contributed by atoms with Crippen LogP contribution in [0.4, 0.5) is 8.78 Å². The first-order chi connectivity index (χ1) is 9.63. The summed E-state index contributed by atoms with van der Waals surface area (Å²) in [6.45, 7) is 2.59. The van der Waals surface area contributed by atoms with Crippen LogP contribution in [-0.2, 0) is 6.42 Å². The van der Waals surface area contributed by atoms with E-state index < -0.39 is 0 Å². The molecule has 2 aromatic rings. The summed E-state index contributed by atoms with van der Waals surface area (Å²) >= 11 is 6.04. The average Bonchev–Trinajstić information content (AvgIpc) is 2.43. The van der Waals surface area contributed by atoms with Crippen molar-refractivity contribution in [3.63, 3.8) is 0 Å². The van der Waals surface area contributed by atoms with Gasteiger partial charge in [0.05, 0.1) is 0 Å². The van der Waals surface area contributed by atoms with Crippen LogP contribution in [0.1, 0.15) is 24.1 Å². The lowest BCUT2D eigenvalue weighted by Gasteiger charge is -2.20. The standard InChI is InChI=1S/C16H16ClF2N/c1-2-20-16(11-6-3-4-8-14(11)18)10-12-13(17)7-5-9-15(12)19/h3-9,16,20H,2,10H2,1H3. The monoisotopic (exact) mass is 295 g/mol. The molecule has 0 aliphatic rings. The molecule has 0 spiro atoms. The first kappa shape index (κ1) is 14.9. The molecule has 0 fully saturated rings. The normalized spacial score (nSPS) is 12.4. The molecule has 0 aliphatic carbocycles. The number of benzene rings is 2. The van der Waals surface area contributed by atoms with Crippen molar-refractivity contribution in [2.75, 3.05) is 6.54 Å². The molecule has 0 saturated carbocycles. The Morgan fingerprint density at radius 2 is 1.75 bits per heavy atom. The van der Waals surface area contributed by atoms with Crippen molar-refractivity contribution < 1.29 is 8.78 Å². The first-order valence-corrected chi connectivity index (χ1v) is 6.92. The van der Waals surface area contributed by atoms with Crippen LogP contribution < -0.4 is 5.32 Å². The molecule has 1 atom stereocenters. The summed E-state index contributed by atoms with van der Waals surface area (Å²) in [5.41, 5.74) is 0.928. The molecule has 1 unspecified atom stereocenters. The Balaban J connectivity index is 2.33. The number of hydrogen-bond acceptors (Lipinski definition) is 1. The van der Waals surface area contributed by atoms with Gasteiger partial charge in [0.2, 0.25) is 0 Å². The van der Waals surface area contributed by atoms with Gasteiger partial charge in [-0.25, -0.2) is 8.78 Å². The molecule has 0 radical (unpaired) electrons. The van der Waals surface area contributed by atoms with Crippen LogP contribution in [0.2, 0.25) is 5.02 Å². The maximum Gasteiger partial charge on any atom is 0.127 e. The largest absolute Gasteiger partial charge is 0.310 e. The maximum absolute atomic E-state index is 13.9. The second-order valence-electron chi connectivity index (χ2n) is 4.54. The maximum atomic E-state index is 13.9. The zero-order chi connectivity index (χ0) is 14.5. The Bertz CT molecular complexity index is 566. The molecule has 1 nitrogen and oxygen atoms in total. The Morgan fingerprint density at radius 3 is 2.40 bits per heavy atom. The van der Waals surface area contributed by atoms with Gasteiger partial charge in [-0.05, 0) is 31.2 Å². The zero-order valence-electron chi connectivity index (χ0n) is 11.2. The fourth-order valence-electron chi connectivity index (χ4n) is 2.23. The molecular formula is C16H16ClF2N. The lowest BCUT2D eigenvalue weighted by Crippen LogP contribution is -2.24. The second kappa shape index (κ2) is 6.82. The van der Waals surface area contributed by atoms with Crippen molar-refractivity contribution in [1.82, 2.24) is 5.32 Å². The average molecular weight is 296 g/mol. The highest BCUT2D eigenvalue weighted by atomic mass is 35.5. The summed E-state index contributed by atoms with van der Waals surface area (Å²) in [6, 6.07) is 10.8. The van der Waals surface area contributed by atoms with E-state index in [-0.39, 0.29) is 17.7 Å². The van der Waals surface area contributed by atoms with Crippen LogP contribution in [-0.4, -0.2) is 6.54 Å². The minimum Gasteiger partial charge on any atom is -0.310 e. The zero-order valence-corrected chi connectivity index (χ0v) is 11.9. The molecule has 0 aromatic heterocycles. The van der Waals surface area contributed by atoms with E-state index in [2.05, 4.69) is 5.32 Å². The number of hydrogen-bond donors (Lipinski definition) is 1. The van der Waals surface area contributed by atoms with Crippen molar-refractivity contribution in [2.24, 2.45) is 0 Å². The molecule has 20 heavy (non-hydrogen) atoms. The third kappa shape index (κ3) is 3.35. The van der Waals surface area contributed by atoms with Crippen molar-refractivity contribution in [3.8, 4) is 0 Å². The van der Waals surface area contributed by atoms with E-state index >= 15 is 0 Å². The molecular weight excluding hydrogens is 280 g/mol. The summed E-state index contributed by atoms with van der Waals surface area (Å²) in [5, 5.41) is 3.54. The fourth-order valence-corrected chi connectivity index (χ4v) is 2.47. The molecule has 1 N–H and O–H groups in total. The predicted molar refractivity (Wildman–Crippen MR) is 77.9 cm³/mol. The number of likely N-dealkylation sites (N-methyl/N-ethyl adjacent to an activating group) is 1. The van der Waals surface area contributed by atoms with Crippen molar-refractivity contribution in [1.29, 1.82) is 0 Å². The minimum atomic E-state index is -0.364. The number of halogens is 3. The Kier molecular flexibility index (Phi) is 5.10. The van der Waals surface area contributed by atoms with Crippen LogP contribution in [0.5, 0.6) is 0 Å². The Labute approximate surface area is 122 Å². The van der Waals surface area contributed by atoms with Gasteiger partial charge >= 0.3 is 0 Å². The van der Waals surface area contributed by atoms with Gasteiger partial charge in [0.1, 0.15) is 11.6 Å². The van der Waals surface area contributed by atoms with Gasteiger partial charge < -0.3 is 5.32 Å². The van der Waals surface area contributed by atoms with E-state index in [1.807, 2.05) is 6.92 Å². The summed E-state index contributed by atoms with van der Waals surface area (Å²) in [5.74, 6) is -0.664. The van der Waals surface area contributed by atoms with E-state index in [4.69, 9.17) is 11.6 Å². The summed E-state index contributed by atoms with van der Waals surface area (Å²) in [7, 11) is 0. The smallest absolute Gasteiger partial charge is 0.127 e. The molecule has 0 heterocycles. The van der Waals surface area contributed by atoms with E-state index in [1.165, 1.54) is 12.1 Å². The van der Waals surface area contributed by atoms with Crippen molar-refractivity contribution in [3.05, 3.63) is 70.2 Å². The number of rotatable bonds is 5. The van der Waals surface area contributed by atoms with Crippen molar-refractivity contribution in [2.45, 2.75) is 19.4 Å². The van der Waals surface area contributed by atoms with Gasteiger partial charge in [0.25, 0.3) is 0 Å². The Morgan fingerprint density at radius 1 is 1.05 bits per heavy atom. The van der Waals surface area contributed by atoms with E-state index in [0.717, 1.165) is 0 Å². The highest BCUT2D eigenvalue weighted by molar-refractivity contribution is 6.31. The van der Waals surface area contributed by atoms with Crippen molar-refractivity contribution >= 4 is 11.6 Å². The van der Waals surface area contributed by atoms with Gasteiger partial charge in [0, 0.05) is 22.2 Å². The molecule has 106 valence electrons. The topological polar surface area (TPSA) is 12.0 Å². The molecule has 4 heteroatoms. The van der Waals surface area contributed by atoms with E-state index in [9.17, 15) is 8.78 Å². The van der Waals surface area contributed by atoms with Gasteiger partial charge in [-0.2, -0.15) is 0 Å². The van der Waals surface area contributed by atoms with Crippen LogP contribution in [0.3, 0.4) is 0 Å². The van der Waals surface area contributed by atoms with Crippen LogP contribution in [0.25, 0.3) is 0 Å². The number of nitrogens with one attached hydrogen (secondary N) is 1. The van der Waals surface area contributed by atoms with Crippen LogP contribution >= 0.6 is 11.6 Å². The predicted octanol–water partition coefficient (Wildman–Crippen LogP) is 4.51. The molecule has 2 aromatic carbocycles. The lowest BCUT2D eigenvalue weighted by molar-refractivity contribution is 0.498. The Hall–Kier alpha value is -1.45. The van der Waals surface area contributed by atoms with Gasteiger partial charge in [0.15, 0.2) is 0 Å². The van der Waals surface area contributed by atoms with Gasteiger partial charge in [-0.15, -0.1) is 0 Å². The SMILES string of the molecule is CCNC(Cc1c(F)cccc1Cl)c1ccccc1F. The summed E-state index contributed by atoms with van der Waals surface area (Å²) in [4.78, 5) is 0. The summed E-state index contributed by atoms with van der Waals surface area (Å²) < 4.78 is 27.8. The van der Waals surface area contributed by atoms with Gasteiger partial charge in [-0.1, -0.05) is 42.8 Å². The highest BCUT2D eigenvalue weighted by Crippen LogP contribution is 2.27. The van der Waals surface area contributed by atoms with E-state index in [0.29, 0.717) is 29.1 Å². The van der Waals surface area contributed by atoms with Crippen LogP contribution in [0, 0.1) is 11.6 Å². The van der Waals surface area contributed by atoms with Gasteiger partial charge in [-0.3, -0.25) is 0 Å². The fraction of sp³-hybridized carbons (Fsp3) is 0.250. The minimum absolute atomic E-state index is 0.300. The molecule has 0 bridgehead atoms. The first-order valence-electron chi connectivity index (χ1n) is 6.54.